The minimum absolute atomic E-state index is 0.0251. The largest absolute Gasteiger partial charge is 0.497 e. The Morgan fingerprint density at radius 1 is 1.21 bits per heavy atom. The van der Waals surface area contributed by atoms with Gasteiger partial charge in [-0.1, -0.05) is 0 Å². The highest BCUT2D eigenvalue weighted by molar-refractivity contribution is 7.90. The van der Waals surface area contributed by atoms with Gasteiger partial charge in [0.05, 0.1) is 25.7 Å². The molecule has 2 amide bonds. The number of hydrogen-bond acceptors (Lipinski definition) is 6. The van der Waals surface area contributed by atoms with Gasteiger partial charge in [-0.05, 0) is 18.6 Å². The van der Waals surface area contributed by atoms with Crippen LogP contribution in [0.1, 0.15) is 13.3 Å². The molecular formula is C15H22N2O6S. The Morgan fingerprint density at radius 3 is 2.38 bits per heavy atom. The number of methoxy groups -OCH3 is 2. The maximum Gasteiger partial charge on any atom is 0.247 e. The molecule has 9 heteroatoms. The summed E-state index contributed by atoms with van der Waals surface area (Å²) in [6, 6.07) is 3.86. The van der Waals surface area contributed by atoms with E-state index >= 15 is 0 Å². The fourth-order valence-electron chi connectivity index (χ4n) is 1.97. The molecule has 0 bridgehead atoms. The van der Waals surface area contributed by atoms with Crippen LogP contribution in [0.3, 0.4) is 0 Å². The smallest absolute Gasteiger partial charge is 0.247 e. The van der Waals surface area contributed by atoms with Crippen molar-refractivity contribution in [3.05, 3.63) is 18.2 Å². The summed E-state index contributed by atoms with van der Waals surface area (Å²) in [6.07, 6.45) is 1.05. The third-order valence-electron chi connectivity index (χ3n) is 3.14. The summed E-state index contributed by atoms with van der Waals surface area (Å²) in [7, 11) is -0.307. The van der Waals surface area contributed by atoms with Gasteiger partial charge in [-0.25, -0.2) is 8.42 Å². The van der Waals surface area contributed by atoms with Gasteiger partial charge < -0.3 is 20.1 Å². The second-order valence-electron chi connectivity index (χ2n) is 5.23. The van der Waals surface area contributed by atoms with Gasteiger partial charge in [0.15, 0.2) is 0 Å². The van der Waals surface area contributed by atoms with Crippen molar-refractivity contribution in [1.82, 2.24) is 5.32 Å². The number of amides is 2. The summed E-state index contributed by atoms with van der Waals surface area (Å²) in [5.41, 5.74) is 0.387. The monoisotopic (exact) mass is 358 g/mol. The number of anilines is 1. The molecule has 1 unspecified atom stereocenters. The standard InChI is InChI=1S/C15H22N2O6S/c1-10(18)16-13(7-8-24(4,20)21)15(19)17-12-6-5-11(22-2)9-14(12)23-3/h5-6,9,13H,7-8H2,1-4H3,(H,16,18)(H,17,19). The van der Waals surface area contributed by atoms with E-state index in [0.29, 0.717) is 17.2 Å². The molecule has 0 spiro atoms. The number of sulfone groups is 1. The van der Waals surface area contributed by atoms with Crippen molar-refractivity contribution in [1.29, 1.82) is 0 Å². The predicted octanol–water partition coefficient (Wildman–Crippen LogP) is 0.582. The average molecular weight is 358 g/mol. The molecule has 0 saturated heterocycles. The molecule has 1 rings (SSSR count). The first kappa shape index (κ1) is 19.8. The van der Waals surface area contributed by atoms with Gasteiger partial charge in [0.25, 0.3) is 0 Å². The predicted molar refractivity (Wildman–Crippen MR) is 90.1 cm³/mol. The molecule has 1 atom stereocenters. The number of rotatable bonds is 8. The Kier molecular flexibility index (Phi) is 7.02. The Hall–Kier alpha value is -2.29. The van der Waals surface area contributed by atoms with Gasteiger partial charge in [-0.2, -0.15) is 0 Å². The van der Waals surface area contributed by atoms with E-state index in [4.69, 9.17) is 9.47 Å². The minimum atomic E-state index is -3.26. The molecule has 0 radical (unpaired) electrons. The Labute approximate surface area is 141 Å². The molecule has 1 aromatic carbocycles. The molecule has 0 aliphatic rings. The van der Waals surface area contributed by atoms with Crippen LogP contribution in [0, 0.1) is 0 Å². The number of hydrogen-bond donors (Lipinski definition) is 2. The first-order chi connectivity index (χ1) is 11.2. The Morgan fingerprint density at radius 2 is 1.88 bits per heavy atom. The Balaban J connectivity index is 2.92. The molecular weight excluding hydrogens is 336 g/mol. The maximum absolute atomic E-state index is 12.4. The topological polar surface area (TPSA) is 111 Å². The van der Waals surface area contributed by atoms with Crippen LogP contribution in [0.5, 0.6) is 11.5 Å². The quantitative estimate of drug-likeness (QED) is 0.703. The molecule has 0 fully saturated rings. The lowest BCUT2D eigenvalue weighted by Crippen LogP contribution is -2.44. The average Bonchev–Trinajstić information content (AvgIpc) is 2.50. The maximum atomic E-state index is 12.4. The van der Waals surface area contributed by atoms with Crippen molar-refractivity contribution in [2.45, 2.75) is 19.4 Å². The summed E-state index contributed by atoms with van der Waals surface area (Å²) >= 11 is 0. The van der Waals surface area contributed by atoms with Crippen LogP contribution in [0.4, 0.5) is 5.69 Å². The van der Waals surface area contributed by atoms with E-state index in [0.717, 1.165) is 6.26 Å². The van der Waals surface area contributed by atoms with Gasteiger partial charge in [-0.3, -0.25) is 9.59 Å². The Bertz CT molecular complexity index is 702. The van der Waals surface area contributed by atoms with E-state index in [1.807, 2.05) is 0 Å². The van der Waals surface area contributed by atoms with Crippen molar-refractivity contribution < 1.29 is 27.5 Å². The number of ether oxygens (including phenoxy) is 2. The lowest BCUT2D eigenvalue weighted by atomic mass is 10.2. The fourth-order valence-corrected chi connectivity index (χ4v) is 2.63. The highest BCUT2D eigenvalue weighted by Crippen LogP contribution is 2.29. The second-order valence-corrected chi connectivity index (χ2v) is 7.49. The zero-order valence-corrected chi connectivity index (χ0v) is 14.9. The highest BCUT2D eigenvalue weighted by atomic mass is 32.2. The molecule has 1 aromatic rings. The summed E-state index contributed by atoms with van der Waals surface area (Å²) in [5, 5.41) is 5.08. The van der Waals surface area contributed by atoms with E-state index in [1.165, 1.54) is 21.1 Å². The zero-order valence-electron chi connectivity index (χ0n) is 14.1. The van der Waals surface area contributed by atoms with Crippen LogP contribution in [-0.4, -0.2) is 52.5 Å². The lowest BCUT2D eigenvalue weighted by Gasteiger charge is -2.18. The minimum Gasteiger partial charge on any atom is -0.497 e. The van der Waals surface area contributed by atoms with E-state index in [9.17, 15) is 18.0 Å². The second kappa shape index (κ2) is 8.53. The van der Waals surface area contributed by atoms with E-state index in [-0.39, 0.29) is 12.2 Å². The first-order valence-electron chi connectivity index (χ1n) is 7.14. The molecule has 8 nitrogen and oxygen atoms in total. The van der Waals surface area contributed by atoms with Crippen LogP contribution in [0.25, 0.3) is 0 Å². The van der Waals surface area contributed by atoms with Crippen LogP contribution in [0.15, 0.2) is 18.2 Å². The summed E-state index contributed by atoms with van der Waals surface area (Å²) < 4.78 is 32.9. The van der Waals surface area contributed by atoms with Gasteiger partial charge in [0.1, 0.15) is 27.4 Å². The lowest BCUT2D eigenvalue weighted by molar-refractivity contribution is -0.125. The summed E-state index contributed by atoms with van der Waals surface area (Å²) in [6.45, 7) is 1.26. The molecule has 24 heavy (non-hydrogen) atoms. The van der Waals surface area contributed by atoms with E-state index < -0.39 is 27.7 Å². The van der Waals surface area contributed by atoms with Gasteiger partial charge in [-0.15, -0.1) is 0 Å². The summed E-state index contributed by atoms with van der Waals surface area (Å²) in [5.74, 6) is -0.235. The van der Waals surface area contributed by atoms with E-state index in [2.05, 4.69) is 10.6 Å². The van der Waals surface area contributed by atoms with E-state index in [1.54, 1.807) is 18.2 Å². The molecule has 134 valence electrons. The van der Waals surface area contributed by atoms with Crippen molar-refractivity contribution >= 4 is 27.3 Å². The van der Waals surface area contributed by atoms with Crippen LogP contribution >= 0.6 is 0 Å². The van der Waals surface area contributed by atoms with Gasteiger partial charge >= 0.3 is 0 Å². The first-order valence-corrected chi connectivity index (χ1v) is 9.20. The van der Waals surface area contributed by atoms with Gasteiger partial charge in [0.2, 0.25) is 11.8 Å². The van der Waals surface area contributed by atoms with Crippen LogP contribution < -0.4 is 20.1 Å². The number of nitrogens with one attached hydrogen (secondary N) is 2. The molecule has 0 saturated carbocycles. The molecule has 0 aliphatic heterocycles. The van der Waals surface area contributed by atoms with Crippen molar-refractivity contribution in [2.24, 2.45) is 0 Å². The summed E-state index contributed by atoms with van der Waals surface area (Å²) in [4.78, 5) is 23.6. The number of carbonyl (C=O) groups excluding carboxylic acids is 2. The molecule has 0 heterocycles. The van der Waals surface area contributed by atoms with Crippen molar-refractivity contribution in [2.75, 3.05) is 31.5 Å². The van der Waals surface area contributed by atoms with Crippen LogP contribution in [-0.2, 0) is 19.4 Å². The molecule has 0 aliphatic carbocycles. The normalized spacial score (nSPS) is 12.2. The zero-order chi connectivity index (χ0) is 18.3. The van der Waals surface area contributed by atoms with Crippen molar-refractivity contribution in [3.63, 3.8) is 0 Å². The number of carbonyl (C=O) groups is 2. The fraction of sp³-hybridized carbons (Fsp3) is 0.467. The molecule has 0 aromatic heterocycles. The van der Waals surface area contributed by atoms with Crippen molar-refractivity contribution in [3.8, 4) is 11.5 Å². The third-order valence-corrected chi connectivity index (χ3v) is 4.12. The highest BCUT2D eigenvalue weighted by Gasteiger charge is 2.22. The molecule has 2 N–H and O–H groups in total. The van der Waals surface area contributed by atoms with Gasteiger partial charge in [0, 0.05) is 19.2 Å². The third kappa shape index (κ3) is 6.45. The SMILES string of the molecule is COc1ccc(NC(=O)C(CCS(C)(=O)=O)NC(C)=O)c(OC)c1. The van der Waals surface area contributed by atoms with Crippen LogP contribution in [0.2, 0.25) is 0 Å². The number of benzene rings is 1.